The van der Waals surface area contributed by atoms with Crippen molar-refractivity contribution in [3.8, 4) is 11.5 Å². The molecule has 3 aromatic rings. The van der Waals surface area contributed by atoms with Crippen LogP contribution in [0, 0.1) is 0 Å². The standard InChI is InChI=1S/C18H18ClNO2/c1-12(2)20-10-13(17-7-6-15(21)9-18(17)20)11-22-16-5-3-4-14(19)8-16/h3-10,12,21H,11H2,1-2H3. The van der Waals surface area contributed by atoms with Crippen molar-refractivity contribution < 1.29 is 9.84 Å². The van der Waals surface area contributed by atoms with Crippen LogP contribution in [0.4, 0.5) is 0 Å². The molecule has 1 aromatic heterocycles. The summed E-state index contributed by atoms with van der Waals surface area (Å²) in [7, 11) is 0. The summed E-state index contributed by atoms with van der Waals surface area (Å²) in [5.74, 6) is 1.02. The molecule has 114 valence electrons. The molecule has 22 heavy (non-hydrogen) atoms. The van der Waals surface area contributed by atoms with E-state index in [9.17, 15) is 5.11 Å². The number of phenolic OH excluding ortho intramolecular Hbond substituents is 1. The molecule has 4 heteroatoms. The molecule has 3 rings (SSSR count). The van der Waals surface area contributed by atoms with Gasteiger partial charge in [0.2, 0.25) is 0 Å². The molecule has 0 aliphatic rings. The van der Waals surface area contributed by atoms with Crippen molar-refractivity contribution in [1.29, 1.82) is 0 Å². The number of fused-ring (bicyclic) bond motifs is 1. The van der Waals surface area contributed by atoms with E-state index in [1.807, 2.05) is 24.3 Å². The highest BCUT2D eigenvalue weighted by Gasteiger charge is 2.12. The average Bonchev–Trinajstić information content (AvgIpc) is 2.83. The SMILES string of the molecule is CC(C)n1cc(COc2cccc(Cl)c2)c2ccc(O)cc21. The fourth-order valence-corrected chi connectivity index (χ4v) is 2.75. The number of phenols is 1. The highest BCUT2D eigenvalue weighted by molar-refractivity contribution is 6.30. The van der Waals surface area contributed by atoms with Crippen molar-refractivity contribution in [2.24, 2.45) is 0 Å². The Morgan fingerprint density at radius 1 is 1.18 bits per heavy atom. The van der Waals surface area contributed by atoms with Gasteiger partial charge in [0, 0.05) is 34.3 Å². The molecular weight excluding hydrogens is 298 g/mol. The van der Waals surface area contributed by atoms with E-state index in [-0.39, 0.29) is 5.75 Å². The van der Waals surface area contributed by atoms with E-state index in [1.165, 1.54) is 0 Å². The van der Waals surface area contributed by atoms with Crippen LogP contribution < -0.4 is 4.74 Å². The number of aromatic nitrogens is 1. The number of aromatic hydroxyl groups is 1. The molecule has 0 aliphatic heterocycles. The monoisotopic (exact) mass is 315 g/mol. The Bertz CT molecular complexity index is 808. The normalized spacial score (nSPS) is 11.3. The maximum Gasteiger partial charge on any atom is 0.121 e. The first kappa shape index (κ1) is 14.8. The van der Waals surface area contributed by atoms with Gasteiger partial charge in [-0.1, -0.05) is 17.7 Å². The first-order chi connectivity index (χ1) is 10.5. The minimum Gasteiger partial charge on any atom is -0.508 e. The molecule has 1 N–H and O–H groups in total. The highest BCUT2D eigenvalue weighted by Crippen LogP contribution is 2.29. The minimum atomic E-state index is 0.273. The zero-order chi connectivity index (χ0) is 15.7. The summed E-state index contributed by atoms with van der Waals surface area (Å²) in [6.45, 7) is 4.69. The van der Waals surface area contributed by atoms with E-state index in [1.54, 1.807) is 18.2 Å². The lowest BCUT2D eigenvalue weighted by Crippen LogP contribution is -1.98. The van der Waals surface area contributed by atoms with Crippen LogP contribution in [0.25, 0.3) is 10.9 Å². The van der Waals surface area contributed by atoms with Crippen molar-refractivity contribution >= 4 is 22.5 Å². The smallest absolute Gasteiger partial charge is 0.121 e. The van der Waals surface area contributed by atoms with Gasteiger partial charge in [0.05, 0.1) is 5.52 Å². The van der Waals surface area contributed by atoms with Crippen LogP contribution in [-0.2, 0) is 6.61 Å². The Hall–Kier alpha value is -2.13. The van der Waals surface area contributed by atoms with E-state index in [0.717, 1.165) is 22.2 Å². The number of benzene rings is 2. The molecule has 0 saturated heterocycles. The Morgan fingerprint density at radius 2 is 2.00 bits per heavy atom. The largest absolute Gasteiger partial charge is 0.508 e. The van der Waals surface area contributed by atoms with Gasteiger partial charge in [-0.25, -0.2) is 0 Å². The molecule has 1 heterocycles. The van der Waals surface area contributed by atoms with Crippen LogP contribution in [0.15, 0.2) is 48.7 Å². The maximum absolute atomic E-state index is 9.72. The van der Waals surface area contributed by atoms with Crippen molar-refractivity contribution in [3.63, 3.8) is 0 Å². The molecular formula is C18H18ClNO2. The predicted octanol–water partition coefficient (Wildman–Crippen LogP) is 5.16. The van der Waals surface area contributed by atoms with Gasteiger partial charge in [-0.05, 0) is 44.2 Å². The van der Waals surface area contributed by atoms with Crippen LogP contribution in [-0.4, -0.2) is 9.67 Å². The van der Waals surface area contributed by atoms with Crippen molar-refractivity contribution in [2.75, 3.05) is 0 Å². The van der Waals surface area contributed by atoms with Gasteiger partial charge in [-0.2, -0.15) is 0 Å². The average molecular weight is 316 g/mol. The Balaban J connectivity index is 1.93. The fourth-order valence-electron chi connectivity index (χ4n) is 2.57. The first-order valence-corrected chi connectivity index (χ1v) is 7.63. The Morgan fingerprint density at radius 3 is 2.73 bits per heavy atom. The number of nitrogens with zero attached hydrogens (tertiary/aromatic N) is 1. The lowest BCUT2D eigenvalue weighted by Gasteiger charge is -2.08. The highest BCUT2D eigenvalue weighted by atomic mass is 35.5. The van der Waals surface area contributed by atoms with Crippen LogP contribution >= 0.6 is 11.6 Å². The van der Waals surface area contributed by atoms with Crippen molar-refractivity contribution in [3.05, 3.63) is 59.2 Å². The van der Waals surface area contributed by atoms with E-state index in [0.29, 0.717) is 17.7 Å². The van der Waals surface area contributed by atoms with Gasteiger partial charge in [0.25, 0.3) is 0 Å². The number of halogens is 1. The zero-order valence-corrected chi connectivity index (χ0v) is 13.3. The van der Waals surface area contributed by atoms with E-state index >= 15 is 0 Å². The molecule has 2 aromatic carbocycles. The number of hydrogen-bond donors (Lipinski definition) is 1. The molecule has 0 fully saturated rings. The second kappa shape index (κ2) is 5.93. The lowest BCUT2D eigenvalue weighted by atomic mass is 10.2. The lowest BCUT2D eigenvalue weighted by molar-refractivity contribution is 0.307. The quantitative estimate of drug-likeness (QED) is 0.721. The molecule has 0 atom stereocenters. The van der Waals surface area contributed by atoms with Crippen molar-refractivity contribution in [1.82, 2.24) is 4.57 Å². The summed E-state index contributed by atoms with van der Waals surface area (Å²) in [5.41, 5.74) is 2.10. The van der Waals surface area contributed by atoms with Gasteiger partial charge >= 0.3 is 0 Å². The van der Waals surface area contributed by atoms with Gasteiger partial charge < -0.3 is 14.4 Å². The molecule has 0 saturated carbocycles. The first-order valence-electron chi connectivity index (χ1n) is 7.25. The summed E-state index contributed by atoms with van der Waals surface area (Å²) < 4.78 is 7.99. The fraction of sp³-hybridized carbons (Fsp3) is 0.222. The maximum atomic E-state index is 9.72. The number of ether oxygens (including phenoxy) is 1. The third kappa shape index (κ3) is 2.90. The summed E-state index contributed by atoms with van der Waals surface area (Å²) in [6, 6.07) is 13.1. The number of rotatable bonds is 4. The number of hydrogen-bond acceptors (Lipinski definition) is 2. The predicted molar refractivity (Wildman–Crippen MR) is 89.8 cm³/mol. The molecule has 0 unspecified atom stereocenters. The van der Waals surface area contributed by atoms with Gasteiger partial charge in [0.15, 0.2) is 0 Å². The van der Waals surface area contributed by atoms with E-state index in [4.69, 9.17) is 16.3 Å². The van der Waals surface area contributed by atoms with Crippen LogP contribution in [0.3, 0.4) is 0 Å². The summed E-state index contributed by atoms with van der Waals surface area (Å²) in [6.07, 6.45) is 2.08. The Kier molecular flexibility index (Phi) is 3.99. The van der Waals surface area contributed by atoms with Crippen LogP contribution in [0.5, 0.6) is 11.5 Å². The summed E-state index contributed by atoms with van der Waals surface area (Å²) >= 11 is 5.97. The van der Waals surface area contributed by atoms with Crippen molar-refractivity contribution in [2.45, 2.75) is 26.5 Å². The second-order valence-corrected chi connectivity index (χ2v) is 6.04. The van der Waals surface area contributed by atoms with Gasteiger partial charge in [0.1, 0.15) is 18.1 Å². The molecule has 0 bridgehead atoms. The third-order valence-electron chi connectivity index (χ3n) is 3.65. The minimum absolute atomic E-state index is 0.273. The van der Waals surface area contributed by atoms with Gasteiger partial charge in [-0.15, -0.1) is 0 Å². The summed E-state index contributed by atoms with van der Waals surface area (Å²) in [5, 5.41) is 11.5. The Labute approximate surface area is 134 Å². The molecule has 3 nitrogen and oxygen atoms in total. The van der Waals surface area contributed by atoms with Crippen LogP contribution in [0.2, 0.25) is 5.02 Å². The third-order valence-corrected chi connectivity index (χ3v) is 3.88. The molecule has 0 radical (unpaired) electrons. The zero-order valence-electron chi connectivity index (χ0n) is 12.6. The molecule has 0 amide bonds. The van der Waals surface area contributed by atoms with E-state index in [2.05, 4.69) is 24.6 Å². The summed E-state index contributed by atoms with van der Waals surface area (Å²) in [4.78, 5) is 0. The topological polar surface area (TPSA) is 34.4 Å². The van der Waals surface area contributed by atoms with Gasteiger partial charge in [-0.3, -0.25) is 0 Å². The van der Waals surface area contributed by atoms with E-state index < -0.39 is 0 Å². The molecule has 0 spiro atoms. The molecule has 0 aliphatic carbocycles. The second-order valence-electron chi connectivity index (χ2n) is 5.60. The van der Waals surface area contributed by atoms with Crippen LogP contribution in [0.1, 0.15) is 25.5 Å².